The lowest BCUT2D eigenvalue weighted by atomic mass is 10.1. The summed E-state index contributed by atoms with van der Waals surface area (Å²) >= 11 is 0. The van der Waals surface area contributed by atoms with Crippen LogP contribution in [0.4, 0.5) is 5.69 Å². The van der Waals surface area contributed by atoms with E-state index in [1.807, 2.05) is 32.9 Å². The monoisotopic (exact) mass is 463 g/mol. The molecule has 0 saturated heterocycles. The number of aryl methyl sites for hydroxylation is 1. The van der Waals surface area contributed by atoms with Crippen LogP contribution in [0.3, 0.4) is 0 Å². The Bertz CT molecular complexity index is 1130. The Balaban J connectivity index is 1.89. The molecule has 1 N–H and O–H groups in total. The average molecular weight is 464 g/mol. The average Bonchev–Trinajstić information content (AvgIpc) is 2.84. The van der Waals surface area contributed by atoms with E-state index in [9.17, 15) is 9.59 Å². The standard InChI is InChI=1S/C27H29NO6/c1-5-32-23-15-13-20(17-24(23)33-6-2)27(30)34-25(19-10-8-7-9-11-19)26(29)28-21-16-18(3)12-14-22(21)31-4/h7-17,25H,5-6H2,1-4H3,(H,28,29)/t25-/m1/s1. The van der Waals surface area contributed by atoms with Gasteiger partial charge in [-0.2, -0.15) is 0 Å². The maximum Gasteiger partial charge on any atom is 0.339 e. The smallest absolute Gasteiger partial charge is 0.339 e. The van der Waals surface area contributed by atoms with Crippen LogP contribution in [0, 0.1) is 6.92 Å². The molecule has 1 atom stereocenters. The number of esters is 1. The SMILES string of the molecule is CCOc1ccc(C(=O)O[C@@H](C(=O)Nc2cc(C)ccc2OC)c2ccccc2)cc1OCC. The minimum absolute atomic E-state index is 0.244. The van der Waals surface area contributed by atoms with E-state index in [2.05, 4.69) is 5.32 Å². The summed E-state index contributed by atoms with van der Waals surface area (Å²) in [5.41, 5.74) is 2.22. The van der Waals surface area contributed by atoms with Crippen molar-refractivity contribution in [1.82, 2.24) is 0 Å². The molecule has 0 unspecified atom stereocenters. The van der Waals surface area contributed by atoms with E-state index in [1.165, 1.54) is 7.11 Å². The van der Waals surface area contributed by atoms with E-state index >= 15 is 0 Å². The van der Waals surface area contributed by atoms with E-state index in [1.54, 1.807) is 54.6 Å². The van der Waals surface area contributed by atoms with Crippen molar-refractivity contribution in [1.29, 1.82) is 0 Å². The molecule has 0 radical (unpaired) electrons. The Kier molecular flexibility index (Phi) is 8.51. The highest BCUT2D eigenvalue weighted by Crippen LogP contribution is 2.31. The molecule has 0 aromatic heterocycles. The second kappa shape index (κ2) is 11.7. The Morgan fingerprint density at radius 2 is 1.53 bits per heavy atom. The third kappa shape index (κ3) is 6.07. The fourth-order valence-corrected chi connectivity index (χ4v) is 3.37. The van der Waals surface area contributed by atoms with Crippen LogP contribution in [0.25, 0.3) is 0 Å². The van der Waals surface area contributed by atoms with Crippen LogP contribution in [0.15, 0.2) is 66.7 Å². The number of benzene rings is 3. The summed E-state index contributed by atoms with van der Waals surface area (Å²) in [7, 11) is 1.52. The Morgan fingerprint density at radius 3 is 2.21 bits per heavy atom. The van der Waals surface area contributed by atoms with Crippen LogP contribution in [-0.4, -0.2) is 32.2 Å². The van der Waals surface area contributed by atoms with Gasteiger partial charge in [-0.05, 0) is 56.7 Å². The van der Waals surface area contributed by atoms with Crippen molar-refractivity contribution in [2.24, 2.45) is 0 Å². The normalized spacial score (nSPS) is 11.3. The van der Waals surface area contributed by atoms with E-state index in [0.29, 0.717) is 41.7 Å². The van der Waals surface area contributed by atoms with E-state index in [4.69, 9.17) is 18.9 Å². The predicted octanol–water partition coefficient (Wildman–Crippen LogP) is 5.34. The van der Waals surface area contributed by atoms with E-state index in [-0.39, 0.29) is 5.56 Å². The van der Waals surface area contributed by atoms with Gasteiger partial charge >= 0.3 is 5.97 Å². The highest BCUT2D eigenvalue weighted by molar-refractivity contribution is 5.99. The first-order valence-electron chi connectivity index (χ1n) is 11.1. The van der Waals surface area contributed by atoms with E-state index in [0.717, 1.165) is 5.56 Å². The molecule has 178 valence electrons. The highest BCUT2D eigenvalue weighted by atomic mass is 16.5. The number of ether oxygens (including phenoxy) is 4. The number of carbonyl (C=O) groups excluding carboxylic acids is 2. The van der Waals surface area contributed by atoms with Gasteiger partial charge in [-0.3, -0.25) is 4.79 Å². The quantitative estimate of drug-likeness (QED) is 0.409. The molecule has 0 aliphatic carbocycles. The van der Waals surface area contributed by atoms with Crippen molar-refractivity contribution in [3.05, 3.63) is 83.4 Å². The summed E-state index contributed by atoms with van der Waals surface area (Å²) < 4.78 is 22.2. The van der Waals surface area contributed by atoms with Gasteiger partial charge in [0.05, 0.1) is 31.6 Å². The molecule has 0 bridgehead atoms. The summed E-state index contributed by atoms with van der Waals surface area (Å²) in [6.07, 6.45) is -1.18. The van der Waals surface area contributed by atoms with Gasteiger partial charge in [0.25, 0.3) is 5.91 Å². The van der Waals surface area contributed by atoms with Crippen LogP contribution in [-0.2, 0) is 9.53 Å². The first-order valence-corrected chi connectivity index (χ1v) is 11.1. The lowest BCUT2D eigenvalue weighted by Crippen LogP contribution is -2.26. The number of carbonyl (C=O) groups is 2. The molecule has 0 aliphatic rings. The topological polar surface area (TPSA) is 83.1 Å². The minimum Gasteiger partial charge on any atom is -0.495 e. The maximum atomic E-state index is 13.3. The van der Waals surface area contributed by atoms with Crippen molar-refractivity contribution in [2.45, 2.75) is 26.9 Å². The highest BCUT2D eigenvalue weighted by Gasteiger charge is 2.27. The van der Waals surface area contributed by atoms with Gasteiger partial charge in [0.15, 0.2) is 11.5 Å². The first-order chi connectivity index (χ1) is 16.5. The summed E-state index contributed by atoms with van der Waals surface area (Å²) in [4.78, 5) is 26.3. The van der Waals surface area contributed by atoms with Gasteiger partial charge in [0.2, 0.25) is 6.10 Å². The van der Waals surface area contributed by atoms with Gasteiger partial charge in [-0.1, -0.05) is 36.4 Å². The van der Waals surface area contributed by atoms with Crippen LogP contribution < -0.4 is 19.5 Å². The van der Waals surface area contributed by atoms with Crippen molar-refractivity contribution < 1.29 is 28.5 Å². The van der Waals surface area contributed by atoms with Crippen LogP contribution in [0.1, 0.15) is 41.4 Å². The molecular weight excluding hydrogens is 434 g/mol. The number of anilines is 1. The predicted molar refractivity (Wildman–Crippen MR) is 130 cm³/mol. The second-order valence-corrected chi connectivity index (χ2v) is 7.42. The Hall–Kier alpha value is -4.00. The van der Waals surface area contributed by atoms with Crippen LogP contribution >= 0.6 is 0 Å². The molecule has 3 rings (SSSR count). The number of hydrogen-bond acceptors (Lipinski definition) is 6. The van der Waals surface area contributed by atoms with Crippen molar-refractivity contribution in [3.63, 3.8) is 0 Å². The minimum atomic E-state index is -1.18. The summed E-state index contributed by atoms with van der Waals surface area (Å²) in [5.74, 6) is 0.308. The molecule has 34 heavy (non-hydrogen) atoms. The summed E-state index contributed by atoms with van der Waals surface area (Å²) in [6.45, 7) is 6.49. The number of methoxy groups -OCH3 is 1. The molecule has 0 fully saturated rings. The summed E-state index contributed by atoms with van der Waals surface area (Å²) in [5, 5.41) is 2.83. The number of hydrogen-bond donors (Lipinski definition) is 1. The van der Waals surface area contributed by atoms with Crippen molar-refractivity contribution >= 4 is 17.6 Å². The zero-order chi connectivity index (χ0) is 24.5. The lowest BCUT2D eigenvalue weighted by Gasteiger charge is -2.20. The number of rotatable bonds is 10. The van der Waals surface area contributed by atoms with Gasteiger partial charge in [0, 0.05) is 5.56 Å². The van der Waals surface area contributed by atoms with E-state index < -0.39 is 18.0 Å². The molecule has 3 aromatic carbocycles. The third-order valence-corrected chi connectivity index (χ3v) is 4.96. The van der Waals surface area contributed by atoms with Gasteiger partial charge < -0.3 is 24.3 Å². The number of amides is 1. The molecule has 0 spiro atoms. The Labute approximate surface area is 199 Å². The molecule has 3 aromatic rings. The molecule has 0 aliphatic heterocycles. The Morgan fingerprint density at radius 1 is 0.853 bits per heavy atom. The van der Waals surface area contributed by atoms with Crippen molar-refractivity contribution in [3.8, 4) is 17.2 Å². The molecule has 7 nitrogen and oxygen atoms in total. The maximum absolute atomic E-state index is 13.3. The number of nitrogens with one attached hydrogen (secondary N) is 1. The molecule has 7 heteroatoms. The van der Waals surface area contributed by atoms with Crippen molar-refractivity contribution in [2.75, 3.05) is 25.6 Å². The van der Waals surface area contributed by atoms with Crippen LogP contribution in [0.5, 0.6) is 17.2 Å². The lowest BCUT2D eigenvalue weighted by molar-refractivity contribution is -0.125. The summed E-state index contributed by atoms with van der Waals surface area (Å²) in [6, 6.07) is 19.1. The second-order valence-electron chi connectivity index (χ2n) is 7.42. The molecule has 0 saturated carbocycles. The zero-order valence-corrected chi connectivity index (χ0v) is 19.8. The zero-order valence-electron chi connectivity index (χ0n) is 19.8. The fourth-order valence-electron chi connectivity index (χ4n) is 3.37. The van der Waals surface area contributed by atoms with Gasteiger partial charge in [-0.25, -0.2) is 4.79 Å². The van der Waals surface area contributed by atoms with Crippen LogP contribution in [0.2, 0.25) is 0 Å². The molecular formula is C27H29NO6. The first kappa shape index (κ1) is 24.6. The molecule has 0 heterocycles. The van der Waals surface area contributed by atoms with Gasteiger partial charge in [-0.15, -0.1) is 0 Å². The third-order valence-electron chi connectivity index (χ3n) is 4.96. The van der Waals surface area contributed by atoms with Gasteiger partial charge in [0.1, 0.15) is 5.75 Å². The largest absolute Gasteiger partial charge is 0.495 e. The fraction of sp³-hybridized carbons (Fsp3) is 0.259. The molecule has 1 amide bonds.